The van der Waals surface area contributed by atoms with Gasteiger partial charge in [0.25, 0.3) is 0 Å². The maximum Gasteiger partial charge on any atom is -0.412 e. The average Bonchev–Trinajstić information content (AvgIpc) is 1.63. The van der Waals surface area contributed by atoms with Gasteiger partial charge in [0.1, 0.15) is 0 Å². The van der Waals surface area contributed by atoms with Gasteiger partial charge < -0.3 is 11.0 Å². The predicted octanol–water partition coefficient (Wildman–Crippen LogP) is -2.00. The van der Waals surface area contributed by atoms with Crippen LogP contribution in [0.15, 0.2) is 0 Å². The van der Waals surface area contributed by atoms with Gasteiger partial charge >= 0.3 is 65.9 Å². The molecule has 0 bridgehead atoms. The standard InChI is InChI=1S/2C2H4O2.2H2O.Pb/c2*1-2(3)4;;;/h2*1H3,(H,3,4);2*1H2;/q;;;;+2/p-2. The first kappa shape index (κ1) is 17.0. The van der Waals surface area contributed by atoms with E-state index in [0.717, 1.165) is 0 Å². The Kier molecular flexibility index (Phi) is 15.1. The maximum absolute atomic E-state index is 10.1. The van der Waals surface area contributed by atoms with Crippen molar-refractivity contribution in [1.82, 2.24) is 0 Å². The zero-order valence-corrected chi connectivity index (χ0v) is 10.0. The Hall–Kier alpha value is -0.218. The maximum atomic E-state index is 10.1. The van der Waals surface area contributed by atoms with Gasteiger partial charge in [0, 0.05) is 0 Å². The van der Waals surface area contributed by atoms with Crippen molar-refractivity contribution in [3.63, 3.8) is 0 Å². The predicted molar refractivity (Wildman–Crippen MR) is 36.5 cm³/mol. The van der Waals surface area contributed by atoms with Crippen molar-refractivity contribution in [2.24, 2.45) is 0 Å². The van der Waals surface area contributed by atoms with Crippen LogP contribution in [0.5, 0.6) is 0 Å². The van der Waals surface area contributed by atoms with E-state index in [1.807, 2.05) is 0 Å². The average molecular weight is 361 g/mol. The Balaban J connectivity index is -0.000000320. The molecule has 0 rings (SSSR count). The Bertz CT molecular complexity index is 110. The van der Waals surface area contributed by atoms with Crippen molar-refractivity contribution in [2.75, 3.05) is 0 Å². The third kappa shape index (κ3) is 17.7. The second-order valence-electron chi connectivity index (χ2n) is 1.27. The molecule has 0 saturated heterocycles. The van der Waals surface area contributed by atoms with E-state index >= 15 is 0 Å². The van der Waals surface area contributed by atoms with Crippen LogP contribution in [0.4, 0.5) is 0 Å². The summed E-state index contributed by atoms with van der Waals surface area (Å²) in [6, 6.07) is 0. The molecule has 6 nitrogen and oxygen atoms in total. The summed E-state index contributed by atoms with van der Waals surface area (Å²) in [5.41, 5.74) is 0. The monoisotopic (exact) mass is 362 g/mol. The molecule has 0 amide bonds. The molecule has 11 heavy (non-hydrogen) atoms. The van der Waals surface area contributed by atoms with Crippen LogP contribution < -0.4 is 0 Å². The van der Waals surface area contributed by atoms with E-state index < -0.39 is 25.1 Å². The Morgan fingerprint density at radius 1 is 1.00 bits per heavy atom. The van der Waals surface area contributed by atoms with Crippen LogP contribution in [0.1, 0.15) is 13.8 Å². The minimum Gasteiger partial charge on any atom is -0.412 e. The minimum atomic E-state index is -1.82. The van der Waals surface area contributed by atoms with E-state index in [2.05, 4.69) is 5.37 Å². The van der Waals surface area contributed by atoms with E-state index in [1.54, 1.807) is 0 Å². The molecule has 2 radical (unpaired) electrons. The molecule has 0 unspecified atom stereocenters. The molecular formula is C4H10O6Pb. The molecule has 66 valence electrons. The first-order valence-corrected chi connectivity index (χ1v) is 5.40. The number of hydrogen-bond acceptors (Lipinski definition) is 4. The van der Waals surface area contributed by atoms with Crippen LogP contribution >= 0.6 is 0 Å². The number of rotatable bonds is 2. The summed E-state index contributed by atoms with van der Waals surface area (Å²) in [6.45, 7) is 2.58. The molecular weight excluding hydrogens is 351 g/mol. The first-order chi connectivity index (χ1) is 4.13. The van der Waals surface area contributed by atoms with Crippen molar-refractivity contribution in [1.29, 1.82) is 0 Å². The fraction of sp³-hybridized carbons (Fsp3) is 0.500. The van der Waals surface area contributed by atoms with Crippen molar-refractivity contribution < 1.29 is 25.9 Å². The minimum absolute atomic E-state index is 0. The third-order valence-electron chi connectivity index (χ3n) is 0.371. The van der Waals surface area contributed by atoms with Gasteiger partial charge in [-0.1, -0.05) is 0 Å². The molecule has 0 aliphatic carbocycles. The molecule has 0 fully saturated rings. The second kappa shape index (κ2) is 9.78. The molecule has 0 aromatic rings. The molecule has 0 aromatic heterocycles. The Morgan fingerprint density at radius 2 is 1.27 bits per heavy atom. The zero-order valence-electron chi connectivity index (χ0n) is 6.13. The number of carbonyl (C=O) groups is 2. The van der Waals surface area contributed by atoms with Crippen molar-refractivity contribution in [3.8, 4) is 0 Å². The van der Waals surface area contributed by atoms with E-state index in [-0.39, 0.29) is 22.9 Å². The quantitative estimate of drug-likeness (QED) is 0.529. The second-order valence-corrected chi connectivity index (χ2v) is 3.51. The van der Waals surface area contributed by atoms with Gasteiger partial charge in [-0.3, -0.25) is 0 Å². The molecule has 0 aliphatic rings. The van der Waals surface area contributed by atoms with Gasteiger partial charge in [-0.25, -0.2) is 0 Å². The normalized spacial score (nSPS) is 6.73. The molecule has 0 aliphatic heterocycles. The van der Waals surface area contributed by atoms with Crippen LogP contribution in [-0.4, -0.2) is 48.0 Å². The van der Waals surface area contributed by atoms with Crippen LogP contribution in [-0.2, 0) is 15.0 Å². The van der Waals surface area contributed by atoms with Crippen molar-refractivity contribution in [2.45, 2.75) is 13.8 Å². The summed E-state index contributed by atoms with van der Waals surface area (Å²) in [6.07, 6.45) is 0. The molecule has 0 aromatic carbocycles. The molecule has 0 spiro atoms. The molecule has 0 atom stereocenters. The summed E-state index contributed by atoms with van der Waals surface area (Å²) >= 11 is -1.82. The zero-order chi connectivity index (χ0) is 7.28. The smallest absolute Gasteiger partial charge is 0.412 e. The summed E-state index contributed by atoms with van der Waals surface area (Å²) < 4.78 is 8.93. The van der Waals surface area contributed by atoms with E-state index in [9.17, 15) is 9.59 Å². The van der Waals surface area contributed by atoms with Crippen molar-refractivity contribution in [3.05, 3.63) is 0 Å². The molecule has 7 heteroatoms. The fourth-order valence-corrected chi connectivity index (χ4v) is 1.21. The van der Waals surface area contributed by atoms with Crippen LogP contribution in [0.3, 0.4) is 0 Å². The third-order valence-corrected chi connectivity index (χ3v) is 3.25. The summed E-state index contributed by atoms with van der Waals surface area (Å²) in [4.78, 5) is 20.1. The summed E-state index contributed by atoms with van der Waals surface area (Å²) in [7, 11) is 0. The van der Waals surface area contributed by atoms with Gasteiger partial charge in [0.05, 0.1) is 0 Å². The number of hydrogen-bond donors (Lipinski definition) is 0. The van der Waals surface area contributed by atoms with E-state index in [4.69, 9.17) is 0 Å². The fourth-order valence-electron chi connectivity index (χ4n) is 0.138. The van der Waals surface area contributed by atoms with Gasteiger partial charge in [0.15, 0.2) is 0 Å². The topological polar surface area (TPSA) is 116 Å². The summed E-state index contributed by atoms with van der Waals surface area (Å²) in [5, 5.41) is 0. The van der Waals surface area contributed by atoms with Crippen LogP contribution in [0, 0.1) is 0 Å². The van der Waals surface area contributed by atoms with Crippen LogP contribution in [0.2, 0.25) is 0 Å². The van der Waals surface area contributed by atoms with E-state index in [0.29, 0.717) is 0 Å². The largest absolute Gasteiger partial charge is 0.412 e. The van der Waals surface area contributed by atoms with Gasteiger partial charge in [0.2, 0.25) is 0 Å². The Morgan fingerprint density at radius 3 is 1.45 bits per heavy atom. The molecule has 0 saturated carbocycles. The number of carbonyl (C=O) groups excluding carboxylic acids is 2. The molecule has 4 N–H and O–H groups in total. The first-order valence-electron chi connectivity index (χ1n) is 2.22. The van der Waals surface area contributed by atoms with Gasteiger partial charge in [-0.2, -0.15) is 0 Å². The van der Waals surface area contributed by atoms with Gasteiger partial charge in [-0.05, 0) is 0 Å². The van der Waals surface area contributed by atoms with Gasteiger partial charge in [-0.15, -0.1) is 0 Å². The molecule has 0 heterocycles. The van der Waals surface area contributed by atoms with Crippen LogP contribution in [0.25, 0.3) is 0 Å². The SMILES string of the molecule is CC(=O)[O][Pb][O]C(C)=O.O.O. The Labute approximate surface area is 77.0 Å². The summed E-state index contributed by atoms with van der Waals surface area (Å²) in [5.74, 6) is -0.751. The van der Waals surface area contributed by atoms with Crippen molar-refractivity contribution >= 4 is 37.1 Å². The van der Waals surface area contributed by atoms with E-state index in [1.165, 1.54) is 13.8 Å².